The maximum absolute atomic E-state index is 12.8. The highest BCUT2D eigenvalue weighted by Gasteiger charge is 2.23. The van der Waals surface area contributed by atoms with Crippen LogP contribution in [0.4, 0.5) is 5.69 Å². The van der Waals surface area contributed by atoms with Gasteiger partial charge in [0.25, 0.3) is 10.0 Å². The second kappa shape index (κ2) is 7.49. The first-order chi connectivity index (χ1) is 14.0. The van der Waals surface area contributed by atoms with E-state index >= 15 is 0 Å². The number of benzene rings is 2. The summed E-state index contributed by atoms with van der Waals surface area (Å²) < 4.78 is 28.3. The number of aromatic nitrogens is 2. The molecule has 1 aromatic heterocycles. The van der Waals surface area contributed by atoms with Crippen molar-refractivity contribution in [3.8, 4) is 6.07 Å². The summed E-state index contributed by atoms with van der Waals surface area (Å²) >= 11 is 0. The van der Waals surface area contributed by atoms with Crippen LogP contribution in [0, 0.1) is 18.3 Å². The molecule has 0 saturated heterocycles. The van der Waals surface area contributed by atoms with Gasteiger partial charge in [-0.15, -0.1) is 0 Å². The summed E-state index contributed by atoms with van der Waals surface area (Å²) in [5.74, 6) is 0.550. The van der Waals surface area contributed by atoms with E-state index in [-0.39, 0.29) is 4.90 Å². The topological polar surface area (TPSA) is 95.7 Å². The van der Waals surface area contributed by atoms with Crippen LogP contribution in [0.15, 0.2) is 65.8 Å². The van der Waals surface area contributed by atoms with Gasteiger partial charge in [-0.3, -0.25) is 4.72 Å². The van der Waals surface area contributed by atoms with Crippen LogP contribution in [0.25, 0.3) is 5.57 Å². The van der Waals surface area contributed by atoms with E-state index in [1.807, 2.05) is 49.4 Å². The van der Waals surface area contributed by atoms with Gasteiger partial charge in [0.15, 0.2) is 0 Å². The molecule has 4 rings (SSSR count). The fourth-order valence-electron chi connectivity index (χ4n) is 3.41. The summed E-state index contributed by atoms with van der Waals surface area (Å²) in [6.07, 6.45) is 5.51. The van der Waals surface area contributed by atoms with Gasteiger partial charge in [-0.25, -0.2) is 18.4 Å². The Labute approximate surface area is 169 Å². The lowest BCUT2D eigenvalue weighted by molar-refractivity contribution is 0.600. The molecule has 1 aliphatic rings. The number of anilines is 1. The molecule has 0 spiro atoms. The molecule has 1 N–H and O–H groups in total. The summed E-state index contributed by atoms with van der Waals surface area (Å²) in [6, 6.07) is 15.5. The van der Waals surface area contributed by atoms with Gasteiger partial charge in [-0.1, -0.05) is 42.5 Å². The molecule has 2 aromatic carbocycles. The summed E-state index contributed by atoms with van der Waals surface area (Å²) in [5.41, 5.74) is 4.67. The fourth-order valence-corrected chi connectivity index (χ4v) is 4.39. The van der Waals surface area contributed by atoms with Crippen LogP contribution in [-0.4, -0.2) is 18.4 Å². The minimum absolute atomic E-state index is 0.00454. The third-order valence-electron chi connectivity index (χ3n) is 4.86. The molecule has 0 amide bonds. The van der Waals surface area contributed by atoms with Crippen molar-refractivity contribution in [3.05, 3.63) is 89.0 Å². The zero-order valence-electron chi connectivity index (χ0n) is 15.8. The van der Waals surface area contributed by atoms with E-state index in [0.29, 0.717) is 29.9 Å². The Kier molecular flexibility index (Phi) is 4.87. The predicted molar refractivity (Wildman–Crippen MR) is 111 cm³/mol. The first kappa shape index (κ1) is 18.8. The van der Waals surface area contributed by atoms with Crippen molar-refractivity contribution in [2.75, 3.05) is 4.72 Å². The second-order valence-electron chi connectivity index (χ2n) is 6.82. The molecule has 29 heavy (non-hydrogen) atoms. The standard InChI is InChI=1S/C22H18N4O2S/c1-15-7-10-20(19-9-8-17(12-23)22(15)19)26-29(27,28)18-13-24-21(25-14-18)11-16-5-3-2-4-6-16/h2-8,10,13-14,26H,9,11H2,1H3. The number of nitrogens with zero attached hydrogens (tertiary/aromatic N) is 3. The normalized spacial score (nSPS) is 12.8. The molecule has 144 valence electrons. The molecule has 1 heterocycles. The highest BCUT2D eigenvalue weighted by Crippen LogP contribution is 2.35. The van der Waals surface area contributed by atoms with Gasteiger partial charge < -0.3 is 0 Å². The quantitative estimate of drug-likeness (QED) is 0.703. The minimum atomic E-state index is -3.84. The molecule has 0 radical (unpaired) electrons. The molecule has 0 aliphatic heterocycles. The van der Waals surface area contributed by atoms with Crippen molar-refractivity contribution < 1.29 is 8.42 Å². The summed E-state index contributed by atoms with van der Waals surface area (Å²) in [4.78, 5) is 8.42. The van der Waals surface area contributed by atoms with Crippen LogP contribution in [0.3, 0.4) is 0 Å². The highest BCUT2D eigenvalue weighted by molar-refractivity contribution is 7.92. The van der Waals surface area contributed by atoms with Crippen molar-refractivity contribution in [1.82, 2.24) is 9.97 Å². The first-order valence-corrected chi connectivity index (χ1v) is 10.6. The molecule has 0 unspecified atom stereocenters. The number of aryl methyl sites for hydroxylation is 1. The van der Waals surface area contributed by atoms with Gasteiger partial charge in [0, 0.05) is 12.0 Å². The molecule has 0 atom stereocenters. The Balaban J connectivity index is 1.58. The van der Waals surface area contributed by atoms with Crippen LogP contribution in [-0.2, 0) is 22.9 Å². The van der Waals surface area contributed by atoms with Gasteiger partial charge in [-0.05, 0) is 36.1 Å². The van der Waals surface area contributed by atoms with Crippen molar-refractivity contribution in [2.24, 2.45) is 0 Å². The number of nitrogens with one attached hydrogen (secondary N) is 1. The Hall–Kier alpha value is -3.50. The minimum Gasteiger partial charge on any atom is -0.279 e. The molecular weight excluding hydrogens is 384 g/mol. The first-order valence-electron chi connectivity index (χ1n) is 9.09. The molecule has 0 saturated carbocycles. The highest BCUT2D eigenvalue weighted by atomic mass is 32.2. The molecule has 6 nitrogen and oxygen atoms in total. The largest absolute Gasteiger partial charge is 0.279 e. The van der Waals surface area contributed by atoms with E-state index < -0.39 is 10.0 Å². The van der Waals surface area contributed by atoms with Crippen molar-refractivity contribution in [2.45, 2.75) is 24.7 Å². The molecule has 3 aromatic rings. The number of nitriles is 1. The smallest absolute Gasteiger partial charge is 0.264 e. The second-order valence-corrected chi connectivity index (χ2v) is 8.50. The summed E-state index contributed by atoms with van der Waals surface area (Å²) in [6.45, 7) is 1.91. The third kappa shape index (κ3) is 3.75. The average Bonchev–Trinajstić information content (AvgIpc) is 3.17. The molecule has 7 heteroatoms. The van der Waals surface area contributed by atoms with Crippen LogP contribution < -0.4 is 4.72 Å². The van der Waals surface area contributed by atoms with E-state index in [4.69, 9.17) is 0 Å². The van der Waals surface area contributed by atoms with Crippen LogP contribution in [0.2, 0.25) is 0 Å². The number of sulfonamides is 1. The number of hydrogen-bond donors (Lipinski definition) is 1. The van der Waals surface area contributed by atoms with E-state index in [1.54, 1.807) is 6.07 Å². The molecule has 1 aliphatic carbocycles. The summed E-state index contributed by atoms with van der Waals surface area (Å²) in [5, 5.41) is 9.30. The zero-order chi connectivity index (χ0) is 20.4. The van der Waals surface area contributed by atoms with Gasteiger partial charge in [0.1, 0.15) is 10.7 Å². The van der Waals surface area contributed by atoms with Gasteiger partial charge >= 0.3 is 0 Å². The lowest BCUT2D eigenvalue weighted by Crippen LogP contribution is -2.15. The predicted octanol–water partition coefficient (Wildman–Crippen LogP) is 3.64. The van der Waals surface area contributed by atoms with Gasteiger partial charge in [0.2, 0.25) is 0 Å². The lowest BCUT2D eigenvalue weighted by atomic mass is 9.99. The number of hydrogen-bond acceptors (Lipinski definition) is 5. The number of allylic oxidation sites excluding steroid dienone is 2. The third-order valence-corrected chi connectivity index (χ3v) is 6.18. The van der Waals surface area contributed by atoms with Crippen molar-refractivity contribution in [3.63, 3.8) is 0 Å². The van der Waals surface area contributed by atoms with Gasteiger partial charge in [0.05, 0.1) is 29.7 Å². The Bertz CT molecular complexity index is 1240. The van der Waals surface area contributed by atoms with E-state index in [2.05, 4.69) is 20.8 Å². The maximum atomic E-state index is 12.8. The fraction of sp³-hybridized carbons (Fsp3) is 0.136. The molecular formula is C22H18N4O2S. The lowest BCUT2D eigenvalue weighted by Gasteiger charge is -2.14. The van der Waals surface area contributed by atoms with E-state index in [1.165, 1.54) is 12.4 Å². The maximum Gasteiger partial charge on any atom is 0.264 e. The SMILES string of the molecule is Cc1ccc(NS(=O)(=O)c2cnc(Cc3ccccc3)nc2)c2c1C(C#N)=CC2. The zero-order valence-corrected chi connectivity index (χ0v) is 16.6. The van der Waals surface area contributed by atoms with Crippen LogP contribution in [0.5, 0.6) is 0 Å². The Morgan fingerprint density at radius 1 is 1.10 bits per heavy atom. The van der Waals surface area contributed by atoms with Crippen LogP contribution in [0.1, 0.15) is 28.1 Å². The number of fused-ring (bicyclic) bond motifs is 1. The Morgan fingerprint density at radius 2 is 1.83 bits per heavy atom. The van der Waals surface area contributed by atoms with Crippen molar-refractivity contribution >= 4 is 21.3 Å². The monoisotopic (exact) mass is 402 g/mol. The Morgan fingerprint density at radius 3 is 2.52 bits per heavy atom. The van der Waals surface area contributed by atoms with E-state index in [9.17, 15) is 13.7 Å². The molecule has 0 fully saturated rings. The molecule has 0 bridgehead atoms. The van der Waals surface area contributed by atoms with Gasteiger partial charge in [-0.2, -0.15) is 5.26 Å². The van der Waals surface area contributed by atoms with Crippen LogP contribution >= 0.6 is 0 Å². The summed E-state index contributed by atoms with van der Waals surface area (Å²) in [7, 11) is -3.84. The van der Waals surface area contributed by atoms with Crippen molar-refractivity contribution in [1.29, 1.82) is 5.26 Å². The van der Waals surface area contributed by atoms with E-state index in [0.717, 1.165) is 22.3 Å². The average molecular weight is 402 g/mol. The number of rotatable bonds is 5.